The van der Waals surface area contributed by atoms with E-state index in [4.69, 9.17) is 15.6 Å². The number of carbonyl (C=O) groups is 2. The normalized spacial score (nSPS) is 16.8. The van der Waals surface area contributed by atoms with E-state index >= 15 is 0 Å². The van der Waals surface area contributed by atoms with Crippen molar-refractivity contribution >= 4 is 11.9 Å². The highest BCUT2D eigenvalue weighted by Crippen LogP contribution is 2.23. The molecule has 2 atom stereocenters. The quantitative estimate of drug-likeness (QED) is 0.525. The molecule has 6 nitrogen and oxygen atoms in total. The van der Waals surface area contributed by atoms with E-state index in [1.165, 1.54) is 6.92 Å². The summed E-state index contributed by atoms with van der Waals surface area (Å²) in [4.78, 5) is 21.9. The molecule has 0 aliphatic rings. The van der Waals surface area contributed by atoms with Crippen molar-refractivity contribution in [3.8, 4) is 0 Å². The van der Waals surface area contributed by atoms with Crippen molar-refractivity contribution in [2.24, 2.45) is 11.1 Å². The first-order valence-corrected chi connectivity index (χ1v) is 5.03. The van der Waals surface area contributed by atoms with E-state index in [1.54, 1.807) is 13.8 Å². The number of carbonyl (C=O) groups excluding carboxylic acids is 1. The summed E-state index contributed by atoms with van der Waals surface area (Å²) in [5.74, 6) is -2.31. The van der Waals surface area contributed by atoms with Crippen LogP contribution in [0.5, 0.6) is 0 Å². The van der Waals surface area contributed by atoms with E-state index in [-0.39, 0.29) is 19.1 Å². The molecule has 0 spiro atoms. The van der Waals surface area contributed by atoms with Gasteiger partial charge in [0, 0.05) is 6.42 Å². The highest BCUT2D eigenvalue weighted by molar-refractivity contribution is 6.00. The lowest BCUT2D eigenvalue weighted by molar-refractivity contribution is -0.156. The molecule has 0 aliphatic heterocycles. The maximum absolute atomic E-state index is 11.0. The van der Waals surface area contributed by atoms with Crippen LogP contribution in [0.4, 0.5) is 0 Å². The largest absolute Gasteiger partial charge is 0.480 e. The molecule has 0 aliphatic carbocycles. The van der Waals surface area contributed by atoms with Crippen molar-refractivity contribution in [1.29, 1.82) is 0 Å². The van der Waals surface area contributed by atoms with E-state index in [0.29, 0.717) is 0 Å². The van der Waals surface area contributed by atoms with Gasteiger partial charge in [-0.25, -0.2) is 0 Å². The number of nitrogens with two attached hydrogens (primary N) is 1. The number of hydrogen-bond donors (Lipinski definition) is 3. The van der Waals surface area contributed by atoms with Gasteiger partial charge in [-0.3, -0.25) is 9.59 Å². The molecule has 2 unspecified atom stereocenters. The SMILES string of the molecule is CC(C)OCC(O)CC(C)(C(N)=O)C(=O)O. The Hall–Kier alpha value is -1.14. The fourth-order valence-corrected chi connectivity index (χ4v) is 1.13. The predicted octanol–water partition coefficient (Wildman–Crippen LogP) is -0.261. The smallest absolute Gasteiger partial charge is 0.319 e. The van der Waals surface area contributed by atoms with Crippen molar-refractivity contribution in [3.05, 3.63) is 0 Å². The van der Waals surface area contributed by atoms with Crippen molar-refractivity contribution in [3.63, 3.8) is 0 Å². The van der Waals surface area contributed by atoms with E-state index in [9.17, 15) is 14.7 Å². The second-order valence-electron chi connectivity index (χ2n) is 4.24. The van der Waals surface area contributed by atoms with Gasteiger partial charge in [0.15, 0.2) is 0 Å². The number of rotatable bonds is 7. The van der Waals surface area contributed by atoms with Crippen LogP contribution < -0.4 is 5.73 Å². The number of aliphatic hydroxyl groups is 1. The topological polar surface area (TPSA) is 110 Å². The summed E-state index contributed by atoms with van der Waals surface area (Å²) in [7, 11) is 0. The second kappa shape index (κ2) is 5.81. The van der Waals surface area contributed by atoms with Gasteiger partial charge in [-0.15, -0.1) is 0 Å². The van der Waals surface area contributed by atoms with Crippen LogP contribution >= 0.6 is 0 Å². The summed E-state index contributed by atoms with van der Waals surface area (Å²) in [5, 5.41) is 18.4. The molecule has 0 radical (unpaired) electrons. The molecule has 0 bridgehead atoms. The summed E-state index contributed by atoms with van der Waals surface area (Å²) in [6.07, 6.45) is -1.36. The van der Waals surface area contributed by atoms with Gasteiger partial charge >= 0.3 is 5.97 Å². The summed E-state index contributed by atoms with van der Waals surface area (Å²) in [6, 6.07) is 0. The zero-order valence-corrected chi connectivity index (χ0v) is 9.77. The maximum atomic E-state index is 11.0. The van der Waals surface area contributed by atoms with E-state index in [2.05, 4.69) is 0 Å². The molecule has 94 valence electrons. The fourth-order valence-electron chi connectivity index (χ4n) is 1.13. The Kier molecular flexibility index (Phi) is 5.40. The molecule has 0 aromatic carbocycles. The standard InChI is InChI=1S/C10H19NO5/c1-6(2)16-5-7(12)4-10(3,8(11)13)9(14)15/h6-7,12H,4-5H2,1-3H3,(H2,11,13)(H,14,15). The molecule has 0 aromatic rings. The Labute approximate surface area is 94.4 Å². The average molecular weight is 233 g/mol. The van der Waals surface area contributed by atoms with Gasteiger partial charge in [0.25, 0.3) is 0 Å². The minimum absolute atomic E-state index is 0.0200. The maximum Gasteiger partial charge on any atom is 0.319 e. The molecule has 0 saturated carbocycles. The first-order valence-electron chi connectivity index (χ1n) is 5.03. The number of carboxylic acids is 1. The molecule has 0 aromatic heterocycles. The second-order valence-corrected chi connectivity index (χ2v) is 4.24. The summed E-state index contributed by atoms with van der Waals surface area (Å²) >= 11 is 0. The Balaban J connectivity index is 4.42. The van der Waals surface area contributed by atoms with Crippen LogP contribution in [-0.4, -0.2) is 40.9 Å². The Morgan fingerprint density at radius 2 is 1.94 bits per heavy atom. The van der Waals surface area contributed by atoms with Gasteiger partial charge in [0.05, 0.1) is 18.8 Å². The minimum atomic E-state index is -1.76. The van der Waals surface area contributed by atoms with E-state index < -0.39 is 23.4 Å². The highest BCUT2D eigenvalue weighted by Gasteiger charge is 2.41. The molecule has 0 fully saturated rings. The van der Waals surface area contributed by atoms with Gasteiger partial charge in [0.1, 0.15) is 5.41 Å². The first kappa shape index (κ1) is 14.9. The lowest BCUT2D eigenvalue weighted by atomic mass is 9.84. The molecule has 0 rings (SSSR count). The monoisotopic (exact) mass is 233 g/mol. The van der Waals surface area contributed by atoms with Crippen molar-refractivity contribution < 1.29 is 24.5 Å². The van der Waals surface area contributed by atoms with E-state index in [1.807, 2.05) is 0 Å². The van der Waals surface area contributed by atoms with Crippen LogP contribution in [0.15, 0.2) is 0 Å². The Morgan fingerprint density at radius 1 is 1.44 bits per heavy atom. The third-order valence-electron chi connectivity index (χ3n) is 2.28. The summed E-state index contributed by atoms with van der Waals surface area (Å²) in [5.41, 5.74) is 3.24. The van der Waals surface area contributed by atoms with Crippen LogP contribution in [0, 0.1) is 5.41 Å². The molecule has 6 heteroatoms. The predicted molar refractivity (Wildman–Crippen MR) is 56.6 cm³/mol. The third-order valence-corrected chi connectivity index (χ3v) is 2.28. The zero-order valence-electron chi connectivity index (χ0n) is 9.77. The summed E-state index contributed by atoms with van der Waals surface area (Å²) in [6.45, 7) is 4.75. The van der Waals surface area contributed by atoms with Crippen LogP contribution in [0.3, 0.4) is 0 Å². The molecule has 0 saturated heterocycles. The number of primary amides is 1. The van der Waals surface area contributed by atoms with Gasteiger partial charge in [0.2, 0.25) is 5.91 Å². The van der Waals surface area contributed by atoms with Crippen LogP contribution in [-0.2, 0) is 14.3 Å². The number of aliphatic carboxylic acids is 1. The van der Waals surface area contributed by atoms with Crippen LogP contribution in [0.25, 0.3) is 0 Å². The Morgan fingerprint density at radius 3 is 2.25 bits per heavy atom. The highest BCUT2D eigenvalue weighted by atomic mass is 16.5. The van der Waals surface area contributed by atoms with Crippen LogP contribution in [0.1, 0.15) is 27.2 Å². The number of carboxylic acid groups (broad SMARTS) is 1. The van der Waals surface area contributed by atoms with Gasteiger partial charge < -0.3 is 20.7 Å². The van der Waals surface area contributed by atoms with Crippen molar-refractivity contribution in [1.82, 2.24) is 0 Å². The molecule has 0 heterocycles. The lowest BCUT2D eigenvalue weighted by Crippen LogP contribution is -2.44. The van der Waals surface area contributed by atoms with Crippen LogP contribution in [0.2, 0.25) is 0 Å². The number of hydrogen-bond acceptors (Lipinski definition) is 4. The lowest BCUT2D eigenvalue weighted by Gasteiger charge is -2.24. The minimum Gasteiger partial charge on any atom is -0.480 e. The van der Waals surface area contributed by atoms with Crippen molar-refractivity contribution in [2.45, 2.75) is 39.4 Å². The Bertz CT molecular complexity index is 250. The molecule has 1 amide bonds. The third kappa shape index (κ3) is 4.16. The van der Waals surface area contributed by atoms with Gasteiger partial charge in [-0.1, -0.05) is 0 Å². The van der Waals surface area contributed by atoms with Gasteiger partial charge in [-0.2, -0.15) is 0 Å². The molecular formula is C10H19NO5. The average Bonchev–Trinajstić information content (AvgIpc) is 2.13. The molecule has 16 heavy (non-hydrogen) atoms. The van der Waals surface area contributed by atoms with Crippen molar-refractivity contribution in [2.75, 3.05) is 6.61 Å². The fraction of sp³-hybridized carbons (Fsp3) is 0.800. The molecular weight excluding hydrogens is 214 g/mol. The molecule has 4 N–H and O–H groups in total. The number of aliphatic hydroxyl groups excluding tert-OH is 1. The number of ether oxygens (including phenoxy) is 1. The van der Waals surface area contributed by atoms with E-state index in [0.717, 1.165) is 0 Å². The number of amides is 1. The first-order chi connectivity index (χ1) is 7.20. The van der Waals surface area contributed by atoms with Gasteiger partial charge in [-0.05, 0) is 20.8 Å². The zero-order chi connectivity index (χ0) is 12.9. The summed E-state index contributed by atoms with van der Waals surface area (Å²) < 4.78 is 5.11.